The summed E-state index contributed by atoms with van der Waals surface area (Å²) >= 11 is 1.62. The van der Waals surface area contributed by atoms with Crippen LogP contribution in [0.2, 0.25) is 0 Å². The van der Waals surface area contributed by atoms with Crippen LogP contribution in [0.4, 0.5) is 5.13 Å². The largest absolute Gasteiger partial charge is 0.375 e. The van der Waals surface area contributed by atoms with Crippen molar-refractivity contribution in [2.45, 2.75) is 52.4 Å². The van der Waals surface area contributed by atoms with Gasteiger partial charge in [-0.3, -0.25) is 0 Å². The summed E-state index contributed by atoms with van der Waals surface area (Å²) in [4.78, 5) is 5.77. The summed E-state index contributed by atoms with van der Waals surface area (Å²) in [6.45, 7) is 6.58. The van der Waals surface area contributed by atoms with Gasteiger partial charge in [-0.15, -0.1) is 11.3 Å². The van der Waals surface area contributed by atoms with Crippen molar-refractivity contribution in [2.24, 2.45) is 0 Å². The molecule has 0 amide bonds. The van der Waals surface area contributed by atoms with Crippen molar-refractivity contribution in [3.05, 3.63) is 46.0 Å². The molecule has 1 heterocycles. The number of anilines is 1. The van der Waals surface area contributed by atoms with Gasteiger partial charge >= 0.3 is 0 Å². The number of hydrogen-bond acceptors (Lipinski definition) is 3. The number of thiazole rings is 1. The third kappa shape index (κ3) is 3.83. The summed E-state index contributed by atoms with van der Waals surface area (Å²) in [5.41, 5.74) is 9.79. The van der Waals surface area contributed by atoms with Gasteiger partial charge in [-0.2, -0.15) is 0 Å². The van der Waals surface area contributed by atoms with Crippen LogP contribution in [0.15, 0.2) is 24.3 Å². The first-order chi connectivity index (χ1) is 9.60. The number of benzene rings is 1. The highest BCUT2D eigenvalue weighted by Gasteiger charge is 2.13. The Morgan fingerprint density at radius 1 is 1.15 bits per heavy atom. The van der Waals surface area contributed by atoms with Crippen LogP contribution < -0.4 is 5.73 Å². The minimum Gasteiger partial charge on any atom is -0.375 e. The van der Waals surface area contributed by atoms with Gasteiger partial charge in [-0.25, -0.2) is 4.98 Å². The van der Waals surface area contributed by atoms with Crippen molar-refractivity contribution in [2.75, 3.05) is 5.73 Å². The lowest BCUT2D eigenvalue weighted by Gasteiger charge is -2.06. The van der Waals surface area contributed by atoms with Crippen molar-refractivity contribution >= 4 is 16.5 Å². The molecule has 0 saturated heterocycles. The van der Waals surface area contributed by atoms with Gasteiger partial charge in [0.05, 0.1) is 5.69 Å². The molecule has 1 aromatic heterocycles. The lowest BCUT2D eigenvalue weighted by Crippen LogP contribution is -1.95. The fourth-order valence-electron chi connectivity index (χ4n) is 2.35. The van der Waals surface area contributed by atoms with Crippen LogP contribution in [0, 0.1) is 0 Å². The van der Waals surface area contributed by atoms with E-state index in [4.69, 9.17) is 5.73 Å². The smallest absolute Gasteiger partial charge is 0.180 e. The van der Waals surface area contributed by atoms with Gasteiger partial charge in [0.25, 0.3) is 0 Å². The summed E-state index contributed by atoms with van der Waals surface area (Å²) < 4.78 is 0. The fourth-order valence-corrected chi connectivity index (χ4v) is 3.37. The van der Waals surface area contributed by atoms with E-state index in [2.05, 4.69) is 50.0 Å². The molecule has 0 aliphatic carbocycles. The van der Waals surface area contributed by atoms with Gasteiger partial charge in [-0.05, 0) is 29.9 Å². The van der Waals surface area contributed by atoms with E-state index in [1.54, 1.807) is 11.3 Å². The van der Waals surface area contributed by atoms with Gasteiger partial charge in [0.2, 0.25) is 0 Å². The number of unbranched alkanes of at least 4 members (excludes halogenated alkanes) is 1. The molecule has 2 rings (SSSR count). The van der Waals surface area contributed by atoms with Gasteiger partial charge in [0.15, 0.2) is 5.13 Å². The first-order valence-electron chi connectivity index (χ1n) is 7.43. The number of aryl methyl sites for hydroxylation is 1. The maximum absolute atomic E-state index is 5.86. The molecule has 2 aromatic rings. The van der Waals surface area contributed by atoms with E-state index in [0.29, 0.717) is 11.0 Å². The molecule has 0 atom stereocenters. The summed E-state index contributed by atoms with van der Waals surface area (Å²) in [7, 11) is 0. The second kappa shape index (κ2) is 6.89. The predicted molar refractivity (Wildman–Crippen MR) is 88.5 cm³/mol. The predicted octanol–water partition coefficient (Wildman–Crippen LogP) is 4.78. The quantitative estimate of drug-likeness (QED) is 0.830. The Labute approximate surface area is 126 Å². The van der Waals surface area contributed by atoms with Crippen LogP contribution in [0.3, 0.4) is 0 Å². The molecule has 0 saturated carbocycles. The number of nitrogens with zero attached hydrogens (tertiary/aromatic N) is 1. The molecule has 0 aliphatic heterocycles. The highest BCUT2D eigenvalue weighted by molar-refractivity contribution is 7.15. The monoisotopic (exact) mass is 288 g/mol. The van der Waals surface area contributed by atoms with E-state index in [1.807, 2.05) is 0 Å². The topological polar surface area (TPSA) is 38.9 Å². The van der Waals surface area contributed by atoms with Crippen molar-refractivity contribution < 1.29 is 0 Å². The molecular formula is C17H24N2S. The first-order valence-corrected chi connectivity index (χ1v) is 8.24. The highest BCUT2D eigenvalue weighted by Crippen LogP contribution is 2.28. The van der Waals surface area contributed by atoms with Crippen LogP contribution in [-0.2, 0) is 12.8 Å². The molecule has 3 heteroatoms. The molecule has 1 aromatic carbocycles. The Kier molecular flexibility index (Phi) is 5.18. The van der Waals surface area contributed by atoms with Gasteiger partial charge in [0.1, 0.15) is 0 Å². The minimum atomic E-state index is 0.433. The molecule has 0 radical (unpaired) electrons. The molecule has 0 bridgehead atoms. The SMILES string of the molecule is CCCCc1ccc(Cc2sc(N)nc2C(C)C)cc1. The van der Waals surface area contributed by atoms with Gasteiger partial charge in [0, 0.05) is 11.3 Å². The Balaban J connectivity index is 2.10. The number of hydrogen-bond donors (Lipinski definition) is 1. The van der Waals surface area contributed by atoms with Crippen LogP contribution in [0.1, 0.15) is 61.2 Å². The summed E-state index contributed by atoms with van der Waals surface area (Å²) in [6, 6.07) is 8.99. The molecule has 20 heavy (non-hydrogen) atoms. The lowest BCUT2D eigenvalue weighted by atomic mass is 10.0. The second-order valence-electron chi connectivity index (χ2n) is 5.61. The maximum Gasteiger partial charge on any atom is 0.180 e. The van der Waals surface area contributed by atoms with Crippen LogP contribution >= 0.6 is 11.3 Å². The summed E-state index contributed by atoms with van der Waals surface area (Å²) in [5.74, 6) is 0.433. The molecular weight excluding hydrogens is 264 g/mol. The average Bonchev–Trinajstić information content (AvgIpc) is 2.79. The lowest BCUT2D eigenvalue weighted by molar-refractivity contribution is 0.794. The van der Waals surface area contributed by atoms with E-state index in [9.17, 15) is 0 Å². The molecule has 0 spiro atoms. The first kappa shape index (κ1) is 15.0. The van der Waals surface area contributed by atoms with Crippen molar-refractivity contribution in [1.82, 2.24) is 4.98 Å². The van der Waals surface area contributed by atoms with Crippen LogP contribution in [-0.4, -0.2) is 4.98 Å². The van der Waals surface area contributed by atoms with Gasteiger partial charge < -0.3 is 5.73 Å². The van der Waals surface area contributed by atoms with Gasteiger partial charge in [-0.1, -0.05) is 51.5 Å². The van der Waals surface area contributed by atoms with Crippen molar-refractivity contribution in [1.29, 1.82) is 0 Å². The molecule has 108 valence electrons. The maximum atomic E-state index is 5.86. The number of rotatable bonds is 6. The average molecular weight is 288 g/mol. The summed E-state index contributed by atoms with van der Waals surface area (Å²) in [6.07, 6.45) is 4.64. The molecule has 2 N–H and O–H groups in total. The van der Waals surface area contributed by atoms with Crippen LogP contribution in [0.5, 0.6) is 0 Å². The molecule has 2 nitrogen and oxygen atoms in total. The Hall–Kier alpha value is -1.35. The standard InChI is InChI=1S/C17H24N2S/c1-4-5-6-13-7-9-14(10-8-13)11-15-16(12(2)3)19-17(18)20-15/h7-10,12H,4-6,11H2,1-3H3,(H2,18,19). The summed E-state index contributed by atoms with van der Waals surface area (Å²) in [5, 5.41) is 0.684. The van der Waals surface area contributed by atoms with Crippen molar-refractivity contribution in [3.8, 4) is 0 Å². The third-order valence-corrected chi connectivity index (χ3v) is 4.40. The molecule has 0 fully saturated rings. The molecule has 0 aliphatic rings. The normalized spacial score (nSPS) is 11.2. The van der Waals surface area contributed by atoms with E-state index in [0.717, 1.165) is 12.1 Å². The van der Waals surface area contributed by atoms with Crippen molar-refractivity contribution in [3.63, 3.8) is 0 Å². The van der Waals surface area contributed by atoms with E-state index in [1.165, 1.54) is 35.3 Å². The second-order valence-corrected chi connectivity index (χ2v) is 6.73. The third-order valence-electron chi connectivity index (χ3n) is 3.50. The van der Waals surface area contributed by atoms with E-state index >= 15 is 0 Å². The Morgan fingerprint density at radius 2 is 1.80 bits per heavy atom. The molecule has 0 unspecified atom stereocenters. The van der Waals surface area contributed by atoms with Crippen LogP contribution in [0.25, 0.3) is 0 Å². The zero-order chi connectivity index (χ0) is 14.5. The number of aromatic nitrogens is 1. The highest BCUT2D eigenvalue weighted by atomic mass is 32.1. The van der Waals surface area contributed by atoms with E-state index < -0.39 is 0 Å². The minimum absolute atomic E-state index is 0.433. The van der Waals surface area contributed by atoms with E-state index in [-0.39, 0.29) is 0 Å². The number of nitrogen functional groups attached to an aromatic ring is 1. The fraction of sp³-hybridized carbons (Fsp3) is 0.471. The Bertz CT molecular complexity index is 541. The zero-order valence-corrected chi connectivity index (χ0v) is 13.5. The number of nitrogens with two attached hydrogens (primary N) is 1. The Morgan fingerprint density at radius 3 is 2.40 bits per heavy atom. The zero-order valence-electron chi connectivity index (χ0n) is 12.6.